The number of nitrogens with one attached hydrogen (secondary N) is 1. The second-order valence-corrected chi connectivity index (χ2v) is 6.31. The normalized spacial score (nSPS) is 11.1. The van der Waals surface area contributed by atoms with Crippen molar-refractivity contribution in [2.24, 2.45) is 0 Å². The number of fused-ring (bicyclic) bond motifs is 3. The number of benzene rings is 2. The second kappa shape index (κ2) is 6.14. The van der Waals surface area contributed by atoms with Gasteiger partial charge < -0.3 is 10.4 Å². The topological polar surface area (TPSA) is 92.4 Å². The van der Waals surface area contributed by atoms with Gasteiger partial charge in [0, 0.05) is 10.0 Å². The molecule has 0 spiro atoms. The van der Waals surface area contributed by atoms with E-state index in [2.05, 4.69) is 36.4 Å². The highest BCUT2D eigenvalue weighted by molar-refractivity contribution is 9.10. The number of hydrogen-bond donors (Lipinski definition) is 2. The van der Waals surface area contributed by atoms with Gasteiger partial charge >= 0.3 is 5.97 Å². The first-order chi connectivity index (χ1) is 12.1. The Balaban J connectivity index is 2.03. The maximum atomic E-state index is 10.9. The van der Waals surface area contributed by atoms with E-state index in [1.807, 2.05) is 52.9 Å². The Morgan fingerprint density at radius 2 is 1.96 bits per heavy atom. The molecule has 0 radical (unpaired) electrons. The summed E-state index contributed by atoms with van der Waals surface area (Å²) in [6, 6.07) is 15.4. The van der Waals surface area contributed by atoms with Crippen LogP contribution in [-0.2, 0) is 4.79 Å². The molecule has 0 aliphatic carbocycles. The monoisotopic (exact) mass is 397 g/mol. The summed E-state index contributed by atoms with van der Waals surface area (Å²) in [6.45, 7) is -0.254. The average molecular weight is 398 g/mol. The van der Waals surface area contributed by atoms with E-state index in [4.69, 9.17) is 5.11 Å². The van der Waals surface area contributed by atoms with Crippen molar-refractivity contribution in [2.45, 2.75) is 0 Å². The Morgan fingerprint density at radius 1 is 1.16 bits per heavy atom. The van der Waals surface area contributed by atoms with Crippen molar-refractivity contribution in [2.75, 3.05) is 11.9 Å². The summed E-state index contributed by atoms with van der Waals surface area (Å²) >= 11 is 3.44. The first kappa shape index (κ1) is 15.5. The van der Waals surface area contributed by atoms with E-state index in [1.165, 1.54) is 0 Å². The summed E-state index contributed by atoms with van der Waals surface area (Å²) < 4.78 is 2.76. The van der Waals surface area contributed by atoms with Gasteiger partial charge in [0.05, 0.1) is 11.0 Å². The highest BCUT2D eigenvalue weighted by Crippen LogP contribution is 2.28. The van der Waals surface area contributed by atoms with Crippen molar-refractivity contribution in [1.82, 2.24) is 19.6 Å². The lowest BCUT2D eigenvalue weighted by Gasteiger charge is -2.09. The quantitative estimate of drug-likeness (QED) is 0.549. The molecule has 25 heavy (non-hydrogen) atoms. The predicted octanol–water partition coefficient (Wildman–Crippen LogP) is 3.20. The molecule has 0 fully saturated rings. The van der Waals surface area contributed by atoms with Crippen LogP contribution in [0.2, 0.25) is 0 Å². The summed E-state index contributed by atoms with van der Waals surface area (Å²) in [5.41, 5.74) is 2.93. The molecule has 0 amide bonds. The standard InChI is InChI=1S/C17H12BrN5O2/c18-11-6-7-13-12(8-11)20-15(19-9-14(24)25)17-22-21-16(23(13)17)10-4-2-1-3-5-10/h1-8H,9H2,(H,19,20)(H,24,25). The molecule has 8 heteroatoms. The molecule has 2 aromatic carbocycles. The van der Waals surface area contributed by atoms with Crippen LogP contribution in [0, 0.1) is 0 Å². The van der Waals surface area contributed by atoms with Gasteiger partial charge in [-0.15, -0.1) is 10.2 Å². The maximum Gasteiger partial charge on any atom is 0.322 e. The maximum absolute atomic E-state index is 10.9. The molecule has 0 saturated heterocycles. The molecule has 0 aliphatic heterocycles. The highest BCUT2D eigenvalue weighted by atomic mass is 79.9. The Bertz CT molecular complexity index is 1090. The fourth-order valence-corrected chi connectivity index (χ4v) is 3.01. The molecule has 0 atom stereocenters. The number of carboxylic acids is 1. The molecule has 0 saturated carbocycles. The van der Waals surface area contributed by atoms with Gasteiger partial charge in [0.15, 0.2) is 11.6 Å². The lowest BCUT2D eigenvalue weighted by atomic mass is 10.2. The molecule has 4 aromatic rings. The predicted molar refractivity (Wildman–Crippen MR) is 97.5 cm³/mol. The highest BCUT2D eigenvalue weighted by Gasteiger charge is 2.16. The SMILES string of the molecule is O=C(O)CNc1nc2cc(Br)ccc2n2c(-c3ccccc3)nnc12. The van der Waals surface area contributed by atoms with E-state index in [9.17, 15) is 4.79 Å². The largest absolute Gasteiger partial charge is 0.480 e. The van der Waals surface area contributed by atoms with Crippen molar-refractivity contribution in [1.29, 1.82) is 0 Å². The Morgan fingerprint density at radius 3 is 2.72 bits per heavy atom. The van der Waals surface area contributed by atoms with Crippen molar-refractivity contribution >= 4 is 44.4 Å². The molecule has 2 aromatic heterocycles. The summed E-state index contributed by atoms with van der Waals surface area (Å²) in [5, 5.41) is 20.3. The molecule has 2 N–H and O–H groups in total. The van der Waals surface area contributed by atoms with E-state index in [-0.39, 0.29) is 6.54 Å². The summed E-state index contributed by atoms with van der Waals surface area (Å²) in [4.78, 5) is 15.4. The molecule has 0 unspecified atom stereocenters. The molecule has 0 bridgehead atoms. The van der Waals surface area contributed by atoms with Gasteiger partial charge in [-0.25, -0.2) is 4.98 Å². The van der Waals surface area contributed by atoms with Crippen LogP contribution in [0.3, 0.4) is 0 Å². The van der Waals surface area contributed by atoms with Crippen LogP contribution in [0.25, 0.3) is 28.1 Å². The molecular formula is C17H12BrN5O2. The summed E-state index contributed by atoms with van der Waals surface area (Å²) in [5.74, 6) is 0.0727. The Hall–Kier alpha value is -3.00. The molecule has 124 valence electrons. The minimum atomic E-state index is -0.975. The van der Waals surface area contributed by atoms with Gasteiger partial charge in [-0.05, 0) is 18.2 Å². The number of halogens is 1. The van der Waals surface area contributed by atoms with E-state index >= 15 is 0 Å². The fourth-order valence-electron chi connectivity index (χ4n) is 2.66. The van der Waals surface area contributed by atoms with Crippen LogP contribution in [0.1, 0.15) is 0 Å². The van der Waals surface area contributed by atoms with Crippen molar-refractivity contribution in [3.8, 4) is 11.4 Å². The zero-order valence-corrected chi connectivity index (χ0v) is 14.4. The number of hydrogen-bond acceptors (Lipinski definition) is 5. The zero-order chi connectivity index (χ0) is 17.4. The van der Waals surface area contributed by atoms with Crippen LogP contribution in [0.15, 0.2) is 53.0 Å². The average Bonchev–Trinajstić information content (AvgIpc) is 3.05. The van der Waals surface area contributed by atoms with Gasteiger partial charge in [-0.1, -0.05) is 46.3 Å². The van der Waals surface area contributed by atoms with Crippen LogP contribution in [-0.4, -0.2) is 37.2 Å². The van der Waals surface area contributed by atoms with Crippen LogP contribution in [0.5, 0.6) is 0 Å². The van der Waals surface area contributed by atoms with Crippen LogP contribution < -0.4 is 5.32 Å². The number of carboxylic acid groups (broad SMARTS) is 1. The Labute approximate surface area is 150 Å². The number of aliphatic carboxylic acids is 1. The second-order valence-electron chi connectivity index (χ2n) is 5.39. The number of carbonyl (C=O) groups is 1. The Kier molecular flexibility index (Phi) is 3.81. The van der Waals surface area contributed by atoms with Crippen LogP contribution in [0.4, 0.5) is 5.82 Å². The molecule has 7 nitrogen and oxygen atoms in total. The minimum Gasteiger partial charge on any atom is -0.480 e. The van der Waals surface area contributed by atoms with Gasteiger partial charge in [0.2, 0.25) is 5.65 Å². The van der Waals surface area contributed by atoms with Crippen LogP contribution >= 0.6 is 15.9 Å². The van der Waals surface area contributed by atoms with E-state index < -0.39 is 5.97 Å². The third-order valence-electron chi connectivity index (χ3n) is 3.72. The van der Waals surface area contributed by atoms with E-state index in [0.717, 1.165) is 15.6 Å². The first-order valence-electron chi connectivity index (χ1n) is 7.49. The third-order valence-corrected chi connectivity index (χ3v) is 4.22. The number of rotatable bonds is 4. The molecule has 4 rings (SSSR count). The summed E-state index contributed by atoms with van der Waals surface area (Å²) in [6.07, 6.45) is 0. The third kappa shape index (κ3) is 2.80. The smallest absolute Gasteiger partial charge is 0.322 e. The van der Waals surface area contributed by atoms with Gasteiger partial charge in [-0.3, -0.25) is 9.20 Å². The van der Waals surface area contributed by atoms with Crippen molar-refractivity contribution < 1.29 is 9.90 Å². The van der Waals surface area contributed by atoms with E-state index in [0.29, 0.717) is 22.8 Å². The minimum absolute atomic E-state index is 0.254. The fraction of sp³-hybridized carbons (Fsp3) is 0.0588. The zero-order valence-electron chi connectivity index (χ0n) is 12.8. The number of nitrogens with zero attached hydrogens (tertiary/aromatic N) is 4. The molecular weight excluding hydrogens is 386 g/mol. The number of aromatic nitrogens is 4. The van der Waals surface area contributed by atoms with E-state index in [1.54, 1.807) is 0 Å². The van der Waals surface area contributed by atoms with Gasteiger partial charge in [0.25, 0.3) is 0 Å². The first-order valence-corrected chi connectivity index (χ1v) is 8.28. The van der Waals surface area contributed by atoms with Crippen molar-refractivity contribution in [3.63, 3.8) is 0 Å². The van der Waals surface area contributed by atoms with Gasteiger partial charge in [0.1, 0.15) is 6.54 Å². The lowest BCUT2D eigenvalue weighted by molar-refractivity contribution is -0.134. The summed E-state index contributed by atoms with van der Waals surface area (Å²) in [7, 11) is 0. The molecule has 2 heterocycles. The lowest BCUT2D eigenvalue weighted by Crippen LogP contribution is -2.14. The van der Waals surface area contributed by atoms with Crippen molar-refractivity contribution in [3.05, 3.63) is 53.0 Å². The van der Waals surface area contributed by atoms with Gasteiger partial charge in [-0.2, -0.15) is 0 Å². The number of anilines is 1. The molecule has 0 aliphatic rings.